The molecule has 0 bridgehead atoms. The Kier molecular flexibility index (Phi) is 13.6. The summed E-state index contributed by atoms with van der Waals surface area (Å²) < 4.78 is 5.11. The minimum Gasteiger partial charge on any atom is -0.444 e. The summed E-state index contributed by atoms with van der Waals surface area (Å²) in [5, 5.41) is 5.80. The normalized spacial score (nSPS) is 19.9. The second-order valence-electron chi connectivity index (χ2n) is 12.4. The summed E-state index contributed by atoms with van der Waals surface area (Å²) in [5.74, 6) is 1.50. The van der Waals surface area contributed by atoms with Crippen molar-refractivity contribution in [3.63, 3.8) is 0 Å². The Labute approximate surface area is 226 Å². The number of alkyl carbamates (subject to hydrolysis) is 1. The molecule has 8 heteroatoms. The van der Waals surface area contributed by atoms with Gasteiger partial charge in [0.25, 0.3) is 0 Å². The molecular weight excluding hydrogens is 468 g/mol. The molecule has 4 aliphatic carbocycles. The lowest BCUT2D eigenvalue weighted by Gasteiger charge is -2.22. The number of ether oxygens (including phenoxy) is 1. The van der Waals surface area contributed by atoms with Gasteiger partial charge in [-0.25, -0.2) is 4.79 Å². The van der Waals surface area contributed by atoms with Gasteiger partial charge in [0.2, 0.25) is 5.91 Å². The third kappa shape index (κ3) is 16.0. The van der Waals surface area contributed by atoms with Gasteiger partial charge < -0.3 is 26.0 Å². The fourth-order valence-corrected chi connectivity index (χ4v) is 3.39. The number of hydrogen-bond donors (Lipinski definition) is 3. The summed E-state index contributed by atoms with van der Waals surface area (Å²) >= 11 is 0. The molecule has 0 saturated heterocycles. The Morgan fingerprint density at radius 2 is 1.41 bits per heavy atom. The van der Waals surface area contributed by atoms with Crippen molar-refractivity contribution in [3.8, 4) is 0 Å². The van der Waals surface area contributed by atoms with Crippen LogP contribution < -0.4 is 16.4 Å². The van der Waals surface area contributed by atoms with E-state index < -0.39 is 5.60 Å². The highest BCUT2D eigenvalue weighted by Gasteiger charge is 2.43. The summed E-state index contributed by atoms with van der Waals surface area (Å²) in [6.07, 6.45) is 8.66. The van der Waals surface area contributed by atoms with Gasteiger partial charge in [0, 0.05) is 24.9 Å². The SMILES string of the molecule is CC(=O)C1CC1.CC(C)(C)OC(=O)NC1(CN)CC1.CC1(CNC(=O)C2CC2)CC1.CCN(CC)CC. The van der Waals surface area contributed by atoms with Gasteiger partial charge in [-0.05, 0) is 104 Å². The van der Waals surface area contributed by atoms with Crippen molar-refractivity contribution in [1.82, 2.24) is 15.5 Å². The maximum atomic E-state index is 11.3. The highest BCUT2D eigenvalue weighted by molar-refractivity contribution is 5.81. The molecule has 4 N–H and O–H groups in total. The molecule has 0 aromatic heterocycles. The van der Waals surface area contributed by atoms with Crippen LogP contribution in [0, 0.1) is 17.3 Å². The van der Waals surface area contributed by atoms with Crippen molar-refractivity contribution in [2.24, 2.45) is 23.0 Å². The van der Waals surface area contributed by atoms with Gasteiger partial charge in [-0.15, -0.1) is 0 Å². The van der Waals surface area contributed by atoms with Gasteiger partial charge in [-0.3, -0.25) is 9.59 Å². The number of nitrogens with zero attached hydrogens (tertiary/aromatic N) is 1. The molecule has 0 aliphatic heterocycles. The molecule has 2 amide bonds. The predicted octanol–water partition coefficient (Wildman–Crippen LogP) is 4.65. The zero-order chi connectivity index (χ0) is 28.3. The highest BCUT2D eigenvalue weighted by Crippen LogP contribution is 2.44. The van der Waals surface area contributed by atoms with Gasteiger partial charge >= 0.3 is 6.09 Å². The highest BCUT2D eigenvalue weighted by atomic mass is 16.6. The largest absolute Gasteiger partial charge is 0.444 e. The van der Waals surface area contributed by atoms with E-state index in [1.165, 1.54) is 32.5 Å². The summed E-state index contributed by atoms with van der Waals surface area (Å²) in [6.45, 7) is 20.9. The number of amides is 2. The van der Waals surface area contributed by atoms with E-state index in [1.807, 2.05) is 20.8 Å². The smallest absolute Gasteiger partial charge is 0.408 e. The zero-order valence-corrected chi connectivity index (χ0v) is 25.0. The number of Topliss-reactive ketones (excluding diaryl/α,β-unsaturated/α-hetero) is 1. The van der Waals surface area contributed by atoms with Crippen LogP contribution in [0.3, 0.4) is 0 Å². The van der Waals surface area contributed by atoms with Gasteiger partial charge in [-0.2, -0.15) is 0 Å². The third-order valence-electron chi connectivity index (χ3n) is 7.25. The monoisotopic (exact) mass is 524 g/mol. The average Bonchev–Trinajstić information content (AvgIpc) is 3.65. The summed E-state index contributed by atoms with van der Waals surface area (Å²) in [4.78, 5) is 35.0. The van der Waals surface area contributed by atoms with E-state index in [1.54, 1.807) is 6.92 Å². The maximum Gasteiger partial charge on any atom is 0.408 e. The van der Waals surface area contributed by atoms with E-state index in [4.69, 9.17) is 10.5 Å². The quantitative estimate of drug-likeness (QED) is 0.405. The van der Waals surface area contributed by atoms with Crippen LogP contribution in [0.1, 0.15) is 107 Å². The lowest BCUT2D eigenvalue weighted by atomic mass is 10.1. The van der Waals surface area contributed by atoms with Gasteiger partial charge in [0.1, 0.15) is 11.4 Å². The molecule has 0 radical (unpaired) electrons. The van der Waals surface area contributed by atoms with Crippen molar-refractivity contribution < 1.29 is 19.1 Å². The molecule has 0 aromatic rings. The molecule has 216 valence electrons. The lowest BCUT2D eigenvalue weighted by Crippen LogP contribution is -2.44. The topological polar surface area (TPSA) is 114 Å². The fourth-order valence-electron chi connectivity index (χ4n) is 3.39. The average molecular weight is 525 g/mol. The molecule has 37 heavy (non-hydrogen) atoms. The van der Waals surface area contributed by atoms with Crippen LogP contribution in [0.25, 0.3) is 0 Å². The van der Waals surface area contributed by atoms with Crippen LogP contribution >= 0.6 is 0 Å². The van der Waals surface area contributed by atoms with Crippen LogP contribution in [-0.4, -0.2) is 66.5 Å². The number of nitrogens with one attached hydrogen (secondary N) is 2. The lowest BCUT2D eigenvalue weighted by molar-refractivity contribution is -0.122. The van der Waals surface area contributed by atoms with Crippen LogP contribution in [0.2, 0.25) is 0 Å². The first-order valence-corrected chi connectivity index (χ1v) is 14.4. The summed E-state index contributed by atoms with van der Waals surface area (Å²) in [5.41, 5.74) is 5.37. The molecule has 4 rings (SSSR count). The van der Waals surface area contributed by atoms with Crippen molar-refractivity contribution in [3.05, 3.63) is 0 Å². The summed E-state index contributed by atoms with van der Waals surface area (Å²) in [7, 11) is 0. The van der Waals surface area contributed by atoms with Crippen LogP contribution in [0.5, 0.6) is 0 Å². The maximum absolute atomic E-state index is 11.3. The number of hydrogen-bond acceptors (Lipinski definition) is 6. The number of carbonyl (C=O) groups is 3. The molecule has 0 aromatic carbocycles. The van der Waals surface area contributed by atoms with Gasteiger partial charge in [0.15, 0.2) is 0 Å². The number of carbonyl (C=O) groups excluding carboxylic acids is 3. The summed E-state index contributed by atoms with van der Waals surface area (Å²) in [6, 6.07) is 0. The van der Waals surface area contributed by atoms with Crippen molar-refractivity contribution in [2.75, 3.05) is 32.7 Å². The van der Waals surface area contributed by atoms with E-state index >= 15 is 0 Å². The van der Waals surface area contributed by atoms with Gasteiger partial charge in [0.05, 0.1) is 5.54 Å². The predicted molar refractivity (Wildman–Crippen MR) is 150 cm³/mol. The molecule has 8 nitrogen and oxygen atoms in total. The van der Waals surface area contributed by atoms with E-state index in [0.717, 1.165) is 45.1 Å². The van der Waals surface area contributed by atoms with Crippen LogP contribution in [0.4, 0.5) is 4.79 Å². The number of ketones is 1. The number of nitrogens with two attached hydrogens (primary N) is 1. The van der Waals surface area contributed by atoms with E-state index in [-0.39, 0.29) is 17.5 Å². The van der Waals surface area contributed by atoms with Crippen LogP contribution in [0.15, 0.2) is 0 Å². The molecule has 4 fully saturated rings. The Hall–Kier alpha value is -1.67. The second kappa shape index (κ2) is 15.1. The third-order valence-corrected chi connectivity index (χ3v) is 7.25. The second-order valence-corrected chi connectivity index (χ2v) is 12.4. The fraction of sp³-hybridized carbons (Fsp3) is 0.897. The molecule has 0 atom stereocenters. The first-order chi connectivity index (χ1) is 17.2. The Morgan fingerprint density at radius 1 is 0.919 bits per heavy atom. The Bertz CT molecular complexity index is 708. The molecule has 0 unspecified atom stereocenters. The van der Waals surface area contributed by atoms with E-state index in [2.05, 4.69) is 43.2 Å². The number of rotatable bonds is 9. The molecule has 4 aliphatic rings. The Balaban J connectivity index is 0.000000258. The molecule has 4 saturated carbocycles. The molecule has 0 heterocycles. The van der Waals surface area contributed by atoms with Crippen molar-refractivity contribution >= 4 is 17.8 Å². The van der Waals surface area contributed by atoms with Gasteiger partial charge in [-0.1, -0.05) is 27.7 Å². The van der Waals surface area contributed by atoms with Crippen molar-refractivity contribution in [2.45, 2.75) is 118 Å². The van der Waals surface area contributed by atoms with Crippen LogP contribution in [-0.2, 0) is 14.3 Å². The minimum atomic E-state index is -0.436. The Morgan fingerprint density at radius 3 is 1.65 bits per heavy atom. The molecular formula is C29H56N4O4. The van der Waals surface area contributed by atoms with Crippen molar-refractivity contribution in [1.29, 1.82) is 0 Å². The minimum absolute atomic E-state index is 0.164. The molecule has 0 spiro atoms. The first-order valence-electron chi connectivity index (χ1n) is 14.4. The van der Waals surface area contributed by atoms with E-state index in [9.17, 15) is 14.4 Å². The van der Waals surface area contributed by atoms with E-state index in [0.29, 0.717) is 29.6 Å². The standard InChI is InChI=1S/C9H18N2O2.C9H15NO.C6H15N.C5H8O/c1-8(2,3)13-7(12)11-9(6-10)4-5-9;1-9(4-5-9)6-10-8(11)7-2-3-7;1-4-7(5-2)6-3;1-4(6)5-2-3-5/h4-6,10H2,1-3H3,(H,11,12);7H,2-6H2,1H3,(H,10,11);4-6H2,1-3H3;5H,2-3H2,1H3. The zero-order valence-electron chi connectivity index (χ0n) is 25.0. The first kappa shape index (κ1) is 33.4.